The first kappa shape index (κ1) is 13.8. The van der Waals surface area contributed by atoms with Crippen LogP contribution in [0.2, 0.25) is 0 Å². The fraction of sp³-hybridized carbons (Fsp3) is 0.923. The van der Waals surface area contributed by atoms with E-state index in [4.69, 9.17) is 4.74 Å². The van der Waals surface area contributed by atoms with Gasteiger partial charge in [-0.2, -0.15) is 0 Å². The molecular weight excluding hydrogens is 230 g/mol. The molecule has 1 unspecified atom stereocenters. The van der Waals surface area contributed by atoms with E-state index in [0.717, 1.165) is 58.9 Å². The van der Waals surface area contributed by atoms with Gasteiger partial charge in [0.2, 0.25) is 5.91 Å². The number of hydrogen-bond donors (Lipinski definition) is 2. The number of nitrogens with zero attached hydrogens (tertiary/aromatic N) is 1. The molecule has 0 radical (unpaired) electrons. The third-order valence-corrected chi connectivity index (χ3v) is 3.99. The van der Waals surface area contributed by atoms with E-state index in [1.54, 1.807) is 0 Å². The molecule has 18 heavy (non-hydrogen) atoms. The minimum absolute atomic E-state index is 0.148. The maximum absolute atomic E-state index is 11.9. The lowest BCUT2D eigenvalue weighted by Gasteiger charge is -2.31. The van der Waals surface area contributed by atoms with Gasteiger partial charge in [-0.15, -0.1) is 0 Å². The van der Waals surface area contributed by atoms with Crippen molar-refractivity contribution in [3.8, 4) is 0 Å². The number of carbonyl (C=O) groups excluding carboxylic acids is 1. The van der Waals surface area contributed by atoms with Gasteiger partial charge >= 0.3 is 0 Å². The van der Waals surface area contributed by atoms with Crippen LogP contribution in [0.1, 0.15) is 13.3 Å². The molecule has 2 N–H and O–H groups in total. The van der Waals surface area contributed by atoms with Gasteiger partial charge in [0.25, 0.3) is 0 Å². The monoisotopic (exact) mass is 255 g/mol. The molecule has 0 spiro atoms. The van der Waals surface area contributed by atoms with Crippen molar-refractivity contribution < 1.29 is 9.53 Å². The van der Waals surface area contributed by atoms with Gasteiger partial charge in [0.1, 0.15) is 0 Å². The van der Waals surface area contributed by atoms with Gasteiger partial charge in [-0.05, 0) is 32.0 Å². The largest absolute Gasteiger partial charge is 0.379 e. The van der Waals surface area contributed by atoms with Crippen LogP contribution < -0.4 is 10.6 Å². The summed E-state index contributed by atoms with van der Waals surface area (Å²) in [4.78, 5) is 14.3. The highest BCUT2D eigenvalue weighted by Gasteiger charge is 2.28. The molecule has 2 aliphatic heterocycles. The van der Waals surface area contributed by atoms with Crippen LogP contribution in [-0.4, -0.2) is 63.3 Å². The van der Waals surface area contributed by atoms with Gasteiger partial charge in [-0.3, -0.25) is 9.69 Å². The topological polar surface area (TPSA) is 53.6 Å². The maximum Gasteiger partial charge on any atom is 0.223 e. The van der Waals surface area contributed by atoms with Gasteiger partial charge in [-0.1, -0.05) is 6.92 Å². The van der Waals surface area contributed by atoms with E-state index >= 15 is 0 Å². The maximum atomic E-state index is 11.9. The van der Waals surface area contributed by atoms with E-state index in [9.17, 15) is 4.79 Å². The van der Waals surface area contributed by atoms with E-state index in [1.807, 2.05) is 6.92 Å². The van der Waals surface area contributed by atoms with Crippen LogP contribution in [0, 0.1) is 11.8 Å². The third kappa shape index (κ3) is 3.93. The Morgan fingerprint density at radius 2 is 2.17 bits per heavy atom. The first-order valence-electron chi connectivity index (χ1n) is 7.06. The number of morpholine rings is 1. The zero-order valence-electron chi connectivity index (χ0n) is 11.3. The molecule has 5 nitrogen and oxygen atoms in total. The van der Waals surface area contributed by atoms with Gasteiger partial charge in [0.15, 0.2) is 0 Å². The Hall–Kier alpha value is -0.650. The second kappa shape index (κ2) is 7.07. The summed E-state index contributed by atoms with van der Waals surface area (Å²) in [6.07, 6.45) is 1.03. The van der Waals surface area contributed by atoms with Crippen molar-refractivity contribution in [1.29, 1.82) is 0 Å². The molecule has 0 saturated carbocycles. The molecule has 0 aromatic rings. The molecule has 1 amide bonds. The molecule has 0 bridgehead atoms. The summed E-state index contributed by atoms with van der Waals surface area (Å²) < 4.78 is 5.30. The Balaban J connectivity index is 1.52. The highest BCUT2D eigenvalue weighted by molar-refractivity contribution is 5.78. The number of carbonyl (C=O) groups is 1. The molecule has 0 aliphatic carbocycles. The summed E-state index contributed by atoms with van der Waals surface area (Å²) in [6, 6.07) is 0. The summed E-state index contributed by atoms with van der Waals surface area (Å²) in [6.45, 7) is 9.60. The van der Waals surface area contributed by atoms with Crippen LogP contribution in [0.3, 0.4) is 0 Å². The van der Waals surface area contributed by atoms with Crippen LogP contribution >= 0.6 is 0 Å². The molecule has 2 rings (SSSR count). The van der Waals surface area contributed by atoms with Crippen molar-refractivity contribution in [3.05, 3.63) is 0 Å². The molecule has 2 fully saturated rings. The smallest absolute Gasteiger partial charge is 0.223 e. The number of amides is 1. The van der Waals surface area contributed by atoms with E-state index in [2.05, 4.69) is 15.5 Å². The van der Waals surface area contributed by atoms with Crippen molar-refractivity contribution in [3.63, 3.8) is 0 Å². The Kier molecular flexibility index (Phi) is 5.41. The van der Waals surface area contributed by atoms with Crippen LogP contribution in [0.4, 0.5) is 0 Å². The van der Waals surface area contributed by atoms with Crippen molar-refractivity contribution >= 4 is 5.91 Å². The molecule has 2 aliphatic rings. The van der Waals surface area contributed by atoms with Gasteiger partial charge in [-0.25, -0.2) is 0 Å². The zero-order chi connectivity index (χ0) is 12.8. The van der Waals surface area contributed by atoms with Crippen LogP contribution in [0.15, 0.2) is 0 Å². The molecule has 2 heterocycles. The van der Waals surface area contributed by atoms with Crippen LogP contribution in [0.5, 0.6) is 0 Å². The zero-order valence-corrected chi connectivity index (χ0v) is 11.3. The summed E-state index contributed by atoms with van der Waals surface area (Å²) in [5, 5.41) is 6.26. The van der Waals surface area contributed by atoms with Crippen LogP contribution in [0.25, 0.3) is 0 Å². The predicted octanol–water partition coefficient (Wildman–Crippen LogP) is -0.320. The lowest BCUT2D eigenvalue weighted by Crippen LogP contribution is -2.49. The highest BCUT2D eigenvalue weighted by atomic mass is 16.5. The van der Waals surface area contributed by atoms with E-state index in [1.165, 1.54) is 0 Å². The van der Waals surface area contributed by atoms with Crippen molar-refractivity contribution in [1.82, 2.24) is 15.5 Å². The Morgan fingerprint density at radius 3 is 2.78 bits per heavy atom. The van der Waals surface area contributed by atoms with E-state index in [-0.39, 0.29) is 11.8 Å². The van der Waals surface area contributed by atoms with E-state index < -0.39 is 0 Å². The standard InChI is InChI=1S/C13H25N3O2/c1-11(12-9-14-10-12)13(17)15-3-2-4-16-5-7-18-8-6-16/h11-12,14H,2-10H2,1H3,(H,15,17). The second-order valence-corrected chi connectivity index (χ2v) is 5.31. The summed E-state index contributed by atoms with van der Waals surface area (Å²) in [7, 11) is 0. The minimum atomic E-state index is 0.148. The number of hydrogen-bond acceptors (Lipinski definition) is 4. The summed E-state index contributed by atoms with van der Waals surface area (Å²) >= 11 is 0. The minimum Gasteiger partial charge on any atom is -0.379 e. The van der Waals surface area contributed by atoms with Gasteiger partial charge < -0.3 is 15.4 Å². The van der Waals surface area contributed by atoms with Crippen molar-refractivity contribution in [2.45, 2.75) is 13.3 Å². The number of rotatable bonds is 6. The normalized spacial score (nSPS) is 23.4. The van der Waals surface area contributed by atoms with E-state index in [0.29, 0.717) is 5.92 Å². The fourth-order valence-corrected chi connectivity index (χ4v) is 2.38. The third-order valence-electron chi connectivity index (χ3n) is 3.99. The quantitative estimate of drug-likeness (QED) is 0.639. The van der Waals surface area contributed by atoms with Crippen molar-refractivity contribution in [2.24, 2.45) is 11.8 Å². The predicted molar refractivity (Wildman–Crippen MR) is 70.4 cm³/mol. The SMILES string of the molecule is CC(C(=O)NCCCN1CCOCC1)C1CNC1. The summed E-state index contributed by atoms with van der Waals surface area (Å²) in [5.41, 5.74) is 0. The first-order valence-corrected chi connectivity index (χ1v) is 7.06. The molecule has 2 saturated heterocycles. The lowest BCUT2D eigenvalue weighted by atomic mass is 9.88. The molecule has 104 valence electrons. The van der Waals surface area contributed by atoms with Crippen molar-refractivity contribution in [2.75, 3.05) is 52.5 Å². The Bertz CT molecular complexity index is 263. The Morgan fingerprint density at radius 1 is 1.44 bits per heavy atom. The first-order chi connectivity index (χ1) is 8.77. The molecule has 5 heteroatoms. The Labute approximate surface area is 109 Å². The summed E-state index contributed by atoms with van der Waals surface area (Å²) in [5.74, 6) is 0.891. The van der Waals surface area contributed by atoms with Crippen LogP contribution in [-0.2, 0) is 9.53 Å². The molecular formula is C13H25N3O2. The molecule has 0 aromatic carbocycles. The second-order valence-electron chi connectivity index (χ2n) is 5.31. The number of nitrogens with one attached hydrogen (secondary N) is 2. The van der Waals surface area contributed by atoms with Gasteiger partial charge in [0.05, 0.1) is 13.2 Å². The average molecular weight is 255 g/mol. The number of ether oxygens (including phenoxy) is 1. The highest BCUT2D eigenvalue weighted by Crippen LogP contribution is 2.15. The lowest BCUT2D eigenvalue weighted by molar-refractivity contribution is -0.126. The van der Waals surface area contributed by atoms with Gasteiger partial charge in [0, 0.05) is 25.6 Å². The fourth-order valence-electron chi connectivity index (χ4n) is 2.38. The molecule has 1 atom stereocenters. The average Bonchev–Trinajstić information content (AvgIpc) is 2.33. The molecule has 0 aromatic heterocycles.